The summed E-state index contributed by atoms with van der Waals surface area (Å²) in [4.78, 5) is 0. The van der Waals surface area contributed by atoms with Gasteiger partial charge < -0.3 is 5.73 Å². The molecule has 1 aliphatic rings. The van der Waals surface area contributed by atoms with E-state index in [1.165, 1.54) is 12.0 Å². The summed E-state index contributed by atoms with van der Waals surface area (Å²) in [6.07, 6.45) is 3.47. The first kappa shape index (κ1) is 8.79. The van der Waals surface area contributed by atoms with Crippen molar-refractivity contribution in [2.75, 3.05) is 0 Å². The van der Waals surface area contributed by atoms with Crippen LogP contribution in [0.3, 0.4) is 0 Å². The highest BCUT2D eigenvalue weighted by Gasteiger charge is 2.48. The number of rotatable bonds is 2. The Morgan fingerprint density at radius 1 is 1.55 bits per heavy atom. The summed E-state index contributed by atoms with van der Waals surface area (Å²) >= 11 is 0. The molecular formula is C10H19N. The molecule has 2 unspecified atom stereocenters. The van der Waals surface area contributed by atoms with Gasteiger partial charge in [-0.25, -0.2) is 0 Å². The molecule has 0 aromatic rings. The van der Waals surface area contributed by atoms with Gasteiger partial charge in [-0.3, -0.25) is 0 Å². The van der Waals surface area contributed by atoms with E-state index in [0.717, 1.165) is 5.92 Å². The second kappa shape index (κ2) is 2.63. The van der Waals surface area contributed by atoms with Gasteiger partial charge in [0.2, 0.25) is 0 Å². The van der Waals surface area contributed by atoms with Crippen LogP contribution in [-0.4, -0.2) is 6.04 Å². The third kappa shape index (κ3) is 2.06. The zero-order chi connectivity index (χ0) is 8.65. The molecule has 64 valence electrons. The normalized spacial score (nSPS) is 29.4. The second-order valence-electron chi connectivity index (χ2n) is 4.62. The Morgan fingerprint density at radius 2 is 2.00 bits per heavy atom. The van der Waals surface area contributed by atoms with Crippen LogP contribution in [0.2, 0.25) is 0 Å². The molecule has 11 heavy (non-hydrogen) atoms. The van der Waals surface area contributed by atoms with Crippen molar-refractivity contribution in [3.05, 3.63) is 11.6 Å². The molecule has 0 radical (unpaired) electrons. The highest BCUT2D eigenvalue weighted by molar-refractivity contribution is 5.11. The van der Waals surface area contributed by atoms with Gasteiger partial charge in [-0.15, -0.1) is 0 Å². The summed E-state index contributed by atoms with van der Waals surface area (Å²) < 4.78 is 0. The number of nitrogens with two attached hydrogens (primary N) is 1. The summed E-state index contributed by atoms with van der Waals surface area (Å²) in [5, 5.41) is 0. The molecule has 0 amide bonds. The van der Waals surface area contributed by atoms with Gasteiger partial charge in [-0.05, 0) is 31.6 Å². The van der Waals surface area contributed by atoms with E-state index in [1.807, 2.05) is 0 Å². The van der Waals surface area contributed by atoms with Crippen LogP contribution in [0.5, 0.6) is 0 Å². The molecule has 1 fully saturated rings. The smallest absolute Gasteiger partial charge is 0.0260 e. The average molecular weight is 153 g/mol. The van der Waals surface area contributed by atoms with Crippen LogP contribution < -0.4 is 5.73 Å². The van der Waals surface area contributed by atoms with E-state index in [1.54, 1.807) is 0 Å². The Kier molecular flexibility index (Phi) is 2.10. The highest BCUT2D eigenvalue weighted by Crippen LogP contribution is 2.53. The van der Waals surface area contributed by atoms with Gasteiger partial charge in [0.1, 0.15) is 0 Å². The number of hydrogen-bond donors (Lipinski definition) is 1. The van der Waals surface area contributed by atoms with Crippen LogP contribution in [0.4, 0.5) is 0 Å². The lowest BCUT2D eigenvalue weighted by Gasteiger charge is -2.08. The zero-order valence-electron chi connectivity index (χ0n) is 8.02. The van der Waals surface area contributed by atoms with E-state index in [2.05, 4.69) is 33.8 Å². The first-order valence-corrected chi connectivity index (χ1v) is 4.34. The fourth-order valence-electron chi connectivity index (χ4n) is 1.67. The minimum Gasteiger partial charge on any atom is -0.324 e. The van der Waals surface area contributed by atoms with E-state index < -0.39 is 0 Å². The maximum Gasteiger partial charge on any atom is 0.0260 e. The predicted molar refractivity (Wildman–Crippen MR) is 49.3 cm³/mol. The van der Waals surface area contributed by atoms with Crippen LogP contribution in [-0.2, 0) is 0 Å². The molecule has 0 aromatic carbocycles. The second-order valence-corrected chi connectivity index (χ2v) is 4.62. The summed E-state index contributed by atoms with van der Waals surface area (Å²) in [6, 6.07) is 0.287. The standard InChI is InChI=1S/C10H19N/c1-7(2)5-9(11)8-6-10(8,3)4/h5,8-9H,6,11H2,1-4H3. The molecule has 1 rings (SSSR count). The molecular weight excluding hydrogens is 134 g/mol. The third-order valence-electron chi connectivity index (χ3n) is 2.58. The van der Waals surface area contributed by atoms with Gasteiger partial charge in [-0.2, -0.15) is 0 Å². The Morgan fingerprint density at radius 3 is 2.27 bits per heavy atom. The maximum atomic E-state index is 5.98. The molecule has 2 N–H and O–H groups in total. The van der Waals surface area contributed by atoms with Crippen LogP contribution in [0.15, 0.2) is 11.6 Å². The number of allylic oxidation sites excluding steroid dienone is 1. The average Bonchev–Trinajstić information content (AvgIpc) is 2.38. The van der Waals surface area contributed by atoms with E-state index in [-0.39, 0.29) is 6.04 Å². The molecule has 0 aromatic heterocycles. The van der Waals surface area contributed by atoms with Gasteiger partial charge in [0.15, 0.2) is 0 Å². The lowest BCUT2D eigenvalue weighted by atomic mass is 10.0. The van der Waals surface area contributed by atoms with Crippen LogP contribution >= 0.6 is 0 Å². The first-order chi connectivity index (χ1) is 4.93. The SMILES string of the molecule is CC(C)=CC(N)C1CC1(C)C. The van der Waals surface area contributed by atoms with Gasteiger partial charge in [0.05, 0.1) is 0 Å². The first-order valence-electron chi connectivity index (χ1n) is 4.34. The lowest BCUT2D eigenvalue weighted by molar-refractivity contribution is 0.523. The van der Waals surface area contributed by atoms with Crippen molar-refractivity contribution >= 4 is 0 Å². The predicted octanol–water partition coefficient (Wildman–Crippen LogP) is 2.33. The van der Waals surface area contributed by atoms with E-state index in [9.17, 15) is 0 Å². The minimum atomic E-state index is 0.287. The van der Waals surface area contributed by atoms with Crippen molar-refractivity contribution in [3.8, 4) is 0 Å². The summed E-state index contributed by atoms with van der Waals surface area (Å²) in [7, 11) is 0. The fourth-order valence-corrected chi connectivity index (χ4v) is 1.67. The molecule has 0 aliphatic heterocycles. The number of hydrogen-bond acceptors (Lipinski definition) is 1. The third-order valence-corrected chi connectivity index (χ3v) is 2.58. The molecule has 0 heterocycles. The van der Waals surface area contributed by atoms with Crippen molar-refractivity contribution < 1.29 is 0 Å². The van der Waals surface area contributed by atoms with Gasteiger partial charge in [0.25, 0.3) is 0 Å². The molecule has 1 nitrogen and oxygen atoms in total. The Balaban J connectivity index is 2.46. The minimum absolute atomic E-state index is 0.287. The van der Waals surface area contributed by atoms with Crippen molar-refractivity contribution in [3.63, 3.8) is 0 Å². The van der Waals surface area contributed by atoms with E-state index in [0.29, 0.717) is 5.41 Å². The van der Waals surface area contributed by atoms with Crippen molar-refractivity contribution in [2.45, 2.75) is 40.2 Å². The lowest BCUT2D eigenvalue weighted by Crippen LogP contribution is -2.22. The molecule has 1 heteroatoms. The van der Waals surface area contributed by atoms with E-state index in [4.69, 9.17) is 5.73 Å². The Hall–Kier alpha value is -0.300. The quantitative estimate of drug-likeness (QED) is 0.605. The molecule has 1 saturated carbocycles. The monoisotopic (exact) mass is 153 g/mol. The van der Waals surface area contributed by atoms with Crippen LogP contribution in [0, 0.1) is 11.3 Å². The van der Waals surface area contributed by atoms with Crippen LogP contribution in [0.25, 0.3) is 0 Å². The van der Waals surface area contributed by atoms with Crippen molar-refractivity contribution in [1.29, 1.82) is 0 Å². The molecule has 1 aliphatic carbocycles. The fraction of sp³-hybridized carbons (Fsp3) is 0.800. The highest BCUT2D eigenvalue weighted by atomic mass is 14.7. The van der Waals surface area contributed by atoms with E-state index >= 15 is 0 Å². The summed E-state index contributed by atoms with van der Waals surface area (Å²) in [5.41, 5.74) is 7.82. The van der Waals surface area contributed by atoms with Crippen LogP contribution in [0.1, 0.15) is 34.1 Å². The van der Waals surface area contributed by atoms with Gasteiger partial charge in [0, 0.05) is 6.04 Å². The molecule has 2 atom stereocenters. The maximum absolute atomic E-state index is 5.98. The molecule has 0 bridgehead atoms. The van der Waals surface area contributed by atoms with Gasteiger partial charge in [-0.1, -0.05) is 25.5 Å². The molecule has 0 spiro atoms. The summed E-state index contributed by atoms with van der Waals surface area (Å²) in [5.74, 6) is 0.720. The van der Waals surface area contributed by atoms with Gasteiger partial charge >= 0.3 is 0 Å². The largest absolute Gasteiger partial charge is 0.324 e. The molecule has 0 saturated heterocycles. The van der Waals surface area contributed by atoms with Crippen molar-refractivity contribution in [2.24, 2.45) is 17.1 Å². The zero-order valence-corrected chi connectivity index (χ0v) is 8.02. The Bertz CT molecular complexity index is 175. The topological polar surface area (TPSA) is 26.0 Å². The van der Waals surface area contributed by atoms with Crippen molar-refractivity contribution in [1.82, 2.24) is 0 Å². The Labute approximate surface area is 69.7 Å². The summed E-state index contributed by atoms with van der Waals surface area (Å²) in [6.45, 7) is 8.79.